The van der Waals surface area contributed by atoms with E-state index in [0.717, 1.165) is 6.08 Å². The molecule has 0 aromatic heterocycles. The number of ketones is 1. The molecule has 0 radical (unpaired) electrons. The minimum Gasteiger partial charge on any atom is -0.294 e. The van der Waals surface area contributed by atoms with Gasteiger partial charge in [-0.25, -0.2) is 4.39 Å². The molecule has 0 aromatic rings. The molecule has 0 fully saturated rings. The molecule has 0 aliphatic heterocycles. The molecule has 0 atom stereocenters. The molecule has 60 valence electrons. The molecule has 0 heterocycles. The van der Waals surface area contributed by atoms with Crippen molar-refractivity contribution < 1.29 is 9.18 Å². The zero-order valence-electron chi connectivity index (χ0n) is 6.16. The Hall–Kier alpha value is -0.700. The van der Waals surface area contributed by atoms with Gasteiger partial charge in [0.15, 0.2) is 5.78 Å². The zero-order valence-corrected chi connectivity index (χ0v) is 7.74. The van der Waals surface area contributed by atoms with Crippen LogP contribution in [0.2, 0.25) is 0 Å². The van der Waals surface area contributed by atoms with Gasteiger partial charge in [0.05, 0.1) is 0 Å². The fourth-order valence-corrected chi connectivity index (χ4v) is 0.921. The first kappa shape index (κ1) is 10.3. The van der Waals surface area contributed by atoms with Crippen molar-refractivity contribution in [1.29, 1.82) is 0 Å². The first-order valence-electron chi connectivity index (χ1n) is 2.87. The van der Waals surface area contributed by atoms with Gasteiger partial charge in [-0.2, -0.15) is 0 Å². The molecule has 0 spiro atoms. The van der Waals surface area contributed by atoms with Gasteiger partial charge in [-0.1, -0.05) is 29.1 Å². The highest BCUT2D eigenvalue weighted by molar-refractivity contribution is 9.12. The van der Waals surface area contributed by atoms with Crippen molar-refractivity contribution in [1.82, 2.24) is 0 Å². The van der Waals surface area contributed by atoms with Crippen LogP contribution in [0.5, 0.6) is 0 Å². The molecular weight excluding hydrogens is 211 g/mol. The van der Waals surface area contributed by atoms with Crippen molar-refractivity contribution in [2.24, 2.45) is 0 Å². The highest BCUT2D eigenvalue weighted by atomic mass is 79.9. The van der Waals surface area contributed by atoms with Crippen molar-refractivity contribution in [3.63, 3.8) is 0 Å². The van der Waals surface area contributed by atoms with E-state index in [1.807, 2.05) is 0 Å². The summed E-state index contributed by atoms with van der Waals surface area (Å²) in [6, 6.07) is 0. The summed E-state index contributed by atoms with van der Waals surface area (Å²) in [4.78, 5) is 10.8. The highest BCUT2D eigenvalue weighted by Gasteiger charge is 2.05. The highest BCUT2D eigenvalue weighted by Crippen LogP contribution is 2.17. The summed E-state index contributed by atoms with van der Waals surface area (Å²) in [5.74, 6) is -0.901. The number of hydrogen-bond acceptors (Lipinski definition) is 1. The van der Waals surface area contributed by atoms with Gasteiger partial charge in [0.1, 0.15) is 5.83 Å². The number of rotatable bonds is 3. The molecule has 1 nitrogen and oxygen atoms in total. The van der Waals surface area contributed by atoms with Gasteiger partial charge in [-0.3, -0.25) is 4.79 Å². The second kappa shape index (κ2) is 4.23. The Kier molecular flexibility index (Phi) is 3.97. The van der Waals surface area contributed by atoms with E-state index in [4.69, 9.17) is 0 Å². The van der Waals surface area contributed by atoms with Crippen LogP contribution in [0.25, 0.3) is 0 Å². The number of allylic oxidation sites excluding steroid dienone is 4. The molecule has 0 unspecified atom stereocenters. The Morgan fingerprint density at radius 1 is 1.55 bits per heavy atom. The quantitative estimate of drug-likeness (QED) is 0.526. The maximum atomic E-state index is 12.2. The fraction of sp³-hybridized carbons (Fsp3) is 0.125. The van der Waals surface area contributed by atoms with E-state index in [1.165, 1.54) is 6.92 Å². The van der Waals surface area contributed by atoms with Gasteiger partial charge in [0, 0.05) is 10.1 Å². The summed E-state index contributed by atoms with van der Waals surface area (Å²) in [7, 11) is 0. The van der Waals surface area contributed by atoms with Gasteiger partial charge in [0.2, 0.25) is 0 Å². The molecule has 0 aliphatic carbocycles. The van der Waals surface area contributed by atoms with Crippen LogP contribution in [0.15, 0.2) is 35.1 Å². The molecular formula is C8H8BrFO. The van der Waals surface area contributed by atoms with Crippen LogP contribution in [0.1, 0.15) is 6.92 Å². The molecule has 0 saturated heterocycles. The van der Waals surface area contributed by atoms with Crippen molar-refractivity contribution in [3.8, 4) is 0 Å². The molecule has 0 aliphatic rings. The van der Waals surface area contributed by atoms with E-state index < -0.39 is 5.83 Å². The number of hydrogen-bond donors (Lipinski definition) is 0. The Morgan fingerprint density at radius 3 is 2.09 bits per heavy atom. The van der Waals surface area contributed by atoms with E-state index >= 15 is 0 Å². The van der Waals surface area contributed by atoms with Gasteiger partial charge in [-0.05, 0) is 13.0 Å². The van der Waals surface area contributed by atoms with E-state index in [-0.39, 0.29) is 11.4 Å². The minimum atomic E-state index is -0.657. The molecule has 0 N–H and O–H groups in total. The van der Waals surface area contributed by atoms with E-state index in [2.05, 4.69) is 29.1 Å². The third-order valence-corrected chi connectivity index (χ3v) is 1.40. The first-order valence-corrected chi connectivity index (χ1v) is 3.66. The van der Waals surface area contributed by atoms with Crippen molar-refractivity contribution in [3.05, 3.63) is 35.1 Å². The van der Waals surface area contributed by atoms with Crippen LogP contribution in [0, 0.1) is 0 Å². The third kappa shape index (κ3) is 3.88. The lowest BCUT2D eigenvalue weighted by atomic mass is 10.2. The predicted molar refractivity (Wildman–Crippen MR) is 47.1 cm³/mol. The molecule has 0 saturated carbocycles. The summed E-state index contributed by atoms with van der Waals surface area (Å²) < 4.78 is 12.6. The molecule has 11 heavy (non-hydrogen) atoms. The van der Waals surface area contributed by atoms with Crippen LogP contribution in [0.4, 0.5) is 4.39 Å². The second-order valence-corrected chi connectivity index (χ2v) is 2.92. The maximum absolute atomic E-state index is 12.2. The average molecular weight is 219 g/mol. The number of carbonyl (C=O) groups excluding carboxylic acids is 1. The SMILES string of the molecule is C=C(F)/C=C(\C(=C)Br)C(C)=O. The lowest BCUT2D eigenvalue weighted by Crippen LogP contribution is -1.95. The van der Waals surface area contributed by atoms with Crippen molar-refractivity contribution in [2.75, 3.05) is 0 Å². The molecule has 0 aromatic carbocycles. The Balaban J connectivity index is 4.75. The lowest BCUT2D eigenvalue weighted by molar-refractivity contribution is -0.113. The van der Waals surface area contributed by atoms with Crippen LogP contribution in [-0.4, -0.2) is 5.78 Å². The van der Waals surface area contributed by atoms with Crippen LogP contribution >= 0.6 is 15.9 Å². The third-order valence-electron chi connectivity index (χ3n) is 0.972. The van der Waals surface area contributed by atoms with E-state index in [0.29, 0.717) is 4.48 Å². The number of Topliss-reactive ketones (excluding diaryl/α,β-unsaturated/α-hetero) is 1. The first-order chi connectivity index (χ1) is 4.95. The number of halogens is 2. The normalized spacial score (nSPS) is 11.0. The molecule has 0 bridgehead atoms. The molecule has 0 rings (SSSR count). The molecule has 0 amide bonds. The maximum Gasteiger partial charge on any atom is 0.161 e. The standard InChI is InChI=1S/C8H8BrFO/c1-5(10)4-8(6(2)9)7(3)11/h4H,1-2H2,3H3/b8-4+. The zero-order chi connectivity index (χ0) is 9.02. The Morgan fingerprint density at radius 2 is 2.00 bits per heavy atom. The predicted octanol–water partition coefficient (Wildman–Crippen LogP) is 2.89. The topological polar surface area (TPSA) is 17.1 Å². The monoisotopic (exact) mass is 218 g/mol. The van der Waals surface area contributed by atoms with Crippen molar-refractivity contribution >= 4 is 21.7 Å². The molecule has 3 heteroatoms. The summed E-state index contributed by atoms with van der Waals surface area (Å²) in [6.07, 6.45) is 1.04. The van der Waals surface area contributed by atoms with Gasteiger partial charge in [-0.15, -0.1) is 0 Å². The van der Waals surface area contributed by atoms with E-state index in [9.17, 15) is 9.18 Å². The van der Waals surface area contributed by atoms with Gasteiger partial charge >= 0.3 is 0 Å². The van der Waals surface area contributed by atoms with Crippen LogP contribution in [0.3, 0.4) is 0 Å². The summed E-state index contributed by atoms with van der Waals surface area (Å²) >= 11 is 2.98. The largest absolute Gasteiger partial charge is 0.294 e. The van der Waals surface area contributed by atoms with E-state index in [1.54, 1.807) is 0 Å². The number of carbonyl (C=O) groups is 1. The van der Waals surface area contributed by atoms with Gasteiger partial charge < -0.3 is 0 Å². The summed E-state index contributed by atoms with van der Waals surface area (Å²) in [5.41, 5.74) is 0.206. The minimum absolute atomic E-state index is 0.206. The Bertz CT molecular complexity index is 224. The average Bonchev–Trinajstić information content (AvgIpc) is 1.81. The summed E-state index contributed by atoms with van der Waals surface area (Å²) in [5, 5.41) is 0. The Labute approximate surface area is 73.4 Å². The summed E-state index contributed by atoms with van der Waals surface area (Å²) in [6.45, 7) is 7.79. The van der Waals surface area contributed by atoms with Crippen molar-refractivity contribution in [2.45, 2.75) is 6.92 Å². The second-order valence-electron chi connectivity index (χ2n) is 1.97. The fourth-order valence-electron chi connectivity index (χ4n) is 0.528. The van der Waals surface area contributed by atoms with Gasteiger partial charge in [0.25, 0.3) is 0 Å². The van der Waals surface area contributed by atoms with Crippen LogP contribution in [-0.2, 0) is 4.79 Å². The smallest absolute Gasteiger partial charge is 0.161 e. The lowest BCUT2D eigenvalue weighted by Gasteiger charge is -1.97. The van der Waals surface area contributed by atoms with Crippen LogP contribution < -0.4 is 0 Å².